The number of nitrogens with zero attached hydrogens (tertiary/aromatic N) is 2. The second-order valence-electron chi connectivity index (χ2n) is 5.62. The Kier molecular flexibility index (Phi) is 4.15. The lowest BCUT2D eigenvalue weighted by Crippen LogP contribution is -2.36. The number of aromatic nitrogens is 2. The molecule has 2 aromatic heterocycles. The summed E-state index contributed by atoms with van der Waals surface area (Å²) < 4.78 is 6.92. The van der Waals surface area contributed by atoms with Gasteiger partial charge in [-0.15, -0.1) is 11.3 Å². The van der Waals surface area contributed by atoms with E-state index in [1.54, 1.807) is 11.3 Å². The minimum absolute atomic E-state index is 0.202. The Labute approximate surface area is 123 Å². The largest absolute Gasteiger partial charge is 0.469 e. The molecule has 0 aromatic carbocycles. The van der Waals surface area contributed by atoms with Gasteiger partial charge in [0.1, 0.15) is 0 Å². The molecule has 110 valence electrons. The van der Waals surface area contributed by atoms with E-state index in [1.807, 2.05) is 20.8 Å². The number of hydrogen-bond acceptors (Lipinski definition) is 5. The SMILES string of the molecule is COC(=O)C(C)(C)CNCc1c(C)nc2sc(C)cn12. The van der Waals surface area contributed by atoms with Crippen LogP contribution in [0.1, 0.15) is 30.1 Å². The van der Waals surface area contributed by atoms with Crippen LogP contribution in [0.5, 0.6) is 0 Å². The third-order valence-electron chi connectivity index (χ3n) is 3.34. The third kappa shape index (κ3) is 2.86. The van der Waals surface area contributed by atoms with E-state index in [0.29, 0.717) is 13.1 Å². The number of nitrogens with one attached hydrogen (secondary N) is 1. The summed E-state index contributed by atoms with van der Waals surface area (Å²) in [5, 5.41) is 3.33. The number of thiazole rings is 1. The molecule has 0 radical (unpaired) electrons. The summed E-state index contributed by atoms with van der Waals surface area (Å²) in [6.45, 7) is 9.08. The minimum Gasteiger partial charge on any atom is -0.469 e. The highest BCUT2D eigenvalue weighted by Crippen LogP contribution is 2.21. The first-order chi connectivity index (χ1) is 9.35. The molecule has 0 aliphatic carbocycles. The van der Waals surface area contributed by atoms with Crippen LogP contribution >= 0.6 is 11.3 Å². The summed E-state index contributed by atoms with van der Waals surface area (Å²) in [4.78, 5) is 18.4. The zero-order valence-electron chi connectivity index (χ0n) is 12.6. The van der Waals surface area contributed by atoms with E-state index >= 15 is 0 Å². The van der Waals surface area contributed by atoms with Crippen LogP contribution in [0.3, 0.4) is 0 Å². The Bertz CT molecular complexity index is 628. The maximum absolute atomic E-state index is 11.6. The number of esters is 1. The van der Waals surface area contributed by atoms with Crippen LogP contribution in [0.4, 0.5) is 0 Å². The van der Waals surface area contributed by atoms with E-state index in [2.05, 4.69) is 27.8 Å². The van der Waals surface area contributed by atoms with Crippen molar-refractivity contribution in [1.29, 1.82) is 0 Å². The molecule has 0 saturated heterocycles. The van der Waals surface area contributed by atoms with E-state index in [4.69, 9.17) is 4.74 Å². The fourth-order valence-electron chi connectivity index (χ4n) is 2.16. The van der Waals surface area contributed by atoms with Crippen molar-refractivity contribution in [2.75, 3.05) is 13.7 Å². The van der Waals surface area contributed by atoms with Crippen LogP contribution in [-0.2, 0) is 16.1 Å². The molecule has 0 fully saturated rings. The quantitative estimate of drug-likeness (QED) is 0.860. The van der Waals surface area contributed by atoms with Crippen LogP contribution in [0.15, 0.2) is 6.20 Å². The van der Waals surface area contributed by atoms with Gasteiger partial charge in [-0.05, 0) is 27.7 Å². The van der Waals surface area contributed by atoms with E-state index in [1.165, 1.54) is 12.0 Å². The number of imidazole rings is 1. The lowest BCUT2D eigenvalue weighted by molar-refractivity contribution is -0.150. The summed E-state index contributed by atoms with van der Waals surface area (Å²) in [5.41, 5.74) is 1.64. The topological polar surface area (TPSA) is 55.6 Å². The number of aryl methyl sites for hydroxylation is 2. The molecular formula is C14H21N3O2S. The smallest absolute Gasteiger partial charge is 0.312 e. The van der Waals surface area contributed by atoms with Crippen molar-refractivity contribution in [1.82, 2.24) is 14.7 Å². The van der Waals surface area contributed by atoms with Crippen LogP contribution in [0, 0.1) is 19.3 Å². The van der Waals surface area contributed by atoms with Crippen molar-refractivity contribution in [3.8, 4) is 0 Å². The van der Waals surface area contributed by atoms with Crippen molar-refractivity contribution >= 4 is 22.3 Å². The molecule has 6 heteroatoms. The van der Waals surface area contributed by atoms with Crippen LogP contribution in [0.2, 0.25) is 0 Å². The van der Waals surface area contributed by atoms with Crippen LogP contribution in [0.25, 0.3) is 4.96 Å². The molecule has 0 bridgehead atoms. The molecule has 0 saturated carbocycles. The summed E-state index contributed by atoms with van der Waals surface area (Å²) >= 11 is 1.68. The molecule has 0 spiro atoms. The standard InChI is InChI=1S/C14H21N3O2S/c1-9-7-17-11(10(2)16-13(17)20-9)6-15-8-14(3,4)12(18)19-5/h7,15H,6,8H2,1-5H3. The predicted octanol–water partition coefficient (Wildman–Crippen LogP) is 2.30. The normalized spacial score (nSPS) is 12.1. The Balaban J connectivity index is 2.06. The number of hydrogen-bond donors (Lipinski definition) is 1. The summed E-state index contributed by atoms with van der Waals surface area (Å²) in [6.07, 6.45) is 2.10. The third-order valence-corrected chi connectivity index (χ3v) is 4.24. The van der Waals surface area contributed by atoms with Gasteiger partial charge in [0.05, 0.1) is 23.9 Å². The fourth-order valence-corrected chi connectivity index (χ4v) is 3.05. The maximum Gasteiger partial charge on any atom is 0.312 e. The van der Waals surface area contributed by atoms with Gasteiger partial charge in [-0.25, -0.2) is 4.98 Å². The highest BCUT2D eigenvalue weighted by Gasteiger charge is 2.28. The Morgan fingerprint density at radius 2 is 2.20 bits per heavy atom. The molecule has 20 heavy (non-hydrogen) atoms. The number of carbonyl (C=O) groups is 1. The summed E-state index contributed by atoms with van der Waals surface area (Å²) in [7, 11) is 1.42. The first kappa shape index (κ1) is 15.0. The Morgan fingerprint density at radius 1 is 1.50 bits per heavy atom. The average Bonchev–Trinajstić information content (AvgIpc) is 2.85. The average molecular weight is 295 g/mol. The van der Waals surface area contributed by atoms with Gasteiger partial charge < -0.3 is 10.1 Å². The molecule has 0 atom stereocenters. The van der Waals surface area contributed by atoms with Gasteiger partial charge in [-0.2, -0.15) is 0 Å². The van der Waals surface area contributed by atoms with Gasteiger partial charge in [0, 0.05) is 24.2 Å². The zero-order valence-corrected chi connectivity index (χ0v) is 13.4. The zero-order chi connectivity index (χ0) is 14.9. The molecule has 0 amide bonds. The molecule has 2 aromatic rings. The second-order valence-corrected chi connectivity index (χ2v) is 6.83. The maximum atomic E-state index is 11.6. The van der Waals surface area contributed by atoms with E-state index in [-0.39, 0.29) is 5.97 Å². The van der Waals surface area contributed by atoms with Crippen molar-refractivity contribution in [3.05, 3.63) is 22.5 Å². The number of ether oxygens (including phenoxy) is 1. The number of fused-ring (bicyclic) bond motifs is 1. The lowest BCUT2D eigenvalue weighted by atomic mass is 9.94. The molecule has 0 aliphatic heterocycles. The molecule has 5 nitrogen and oxygen atoms in total. The monoisotopic (exact) mass is 295 g/mol. The highest BCUT2D eigenvalue weighted by atomic mass is 32.1. The first-order valence-electron chi connectivity index (χ1n) is 6.58. The molecule has 1 N–H and O–H groups in total. The molecule has 2 heterocycles. The number of rotatable bonds is 5. The lowest BCUT2D eigenvalue weighted by Gasteiger charge is -2.21. The van der Waals surface area contributed by atoms with E-state index in [0.717, 1.165) is 16.3 Å². The van der Waals surface area contributed by atoms with Gasteiger partial charge in [0.15, 0.2) is 4.96 Å². The summed E-state index contributed by atoms with van der Waals surface area (Å²) in [6, 6.07) is 0. The molecule has 0 unspecified atom stereocenters. The summed E-state index contributed by atoms with van der Waals surface area (Å²) in [5.74, 6) is -0.202. The predicted molar refractivity (Wildman–Crippen MR) is 80.0 cm³/mol. The van der Waals surface area contributed by atoms with Crippen molar-refractivity contribution < 1.29 is 9.53 Å². The first-order valence-corrected chi connectivity index (χ1v) is 7.40. The molecular weight excluding hydrogens is 274 g/mol. The number of methoxy groups -OCH3 is 1. The van der Waals surface area contributed by atoms with Crippen molar-refractivity contribution in [3.63, 3.8) is 0 Å². The van der Waals surface area contributed by atoms with Gasteiger partial charge in [0.2, 0.25) is 0 Å². The van der Waals surface area contributed by atoms with Crippen molar-refractivity contribution in [2.24, 2.45) is 5.41 Å². The van der Waals surface area contributed by atoms with Gasteiger partial charge in [-0.3, -0.25) is 9.20 Å². The molecule has 2 rings (SSSR count). The second kappa shape index (κ2) is 5.54. The molecule has 0 aliphatic rings. The van der Waals surface area contributed by atoms with E-state index in [9.17, 15) is 4.79 Å². The Morgan fingerprint density at radius 3 is 2.85 bits per heavy atom. The Hall–Kier alpha value is -1.40. The van der Waals surface area contributed by atoms with Gasteiger partial charge in [-0.1, -0.05) is 0 Å². The van der Waals surface area contributed by atoms with Crippen LogP contribution < -0.4 is 5.32 Å². The van der Waals surface area contributed by atoms with E-state index < -0.39 is 5.41 Å². The minimum atomic E-state index is -0.531. The fraction of sp³-hybridized carbons (Fsp3) is 0.571. The highest BCUT2D eigenvalue weighted by molar-refractivity contribution is 7.17. The van der Waals surface area contributed by atoms with Gasteiger partial charge >= 0.3 is 5.97 Å². The van der Waals surface area contributed by atoms with Gasteiger partial charge in [0.25, 0.3) is 0 Å². The van der Waals surface area contributed by atoms with Crippen LogP contribution in [-0.4, -0.2) is 29.0 Å². The van der Waals surface area contributed by atoms with Crippen molar-refractivity contribution in [2.45, 2.75) is 34.2 Å². The number of carbonyl (C=O) groups excluding carboxylic acids is 1.